The summed E-state index contributed by atoms with van der Waals surface area (Å²) in [6.07, 6.45) is 7.05. The highest BCUT2D eigenvalue weighted by Crippen LogP contribution is 2.27. The molecule has 0 unspecified atom stereocenters. The number of aromatic nitrogens is 1. The standard InChI is InChI=1S/C11H10N4O2/c12-7-8-5-6-13-11(10(8)15(16)17)14-9-3-1-2-4-9/h1-2,5-6,9H,3-4H2,(H,13,14). The van der Waals surface area contributed by atoms with Gasteiger partial charge in [-0.15, -0.1) is 0 Å². The first kappa shape index (κ1) is 11.1. The molecule has 2 rings (SSSR count). The molecule has 0 bridgehead atoms. The second kappa shape index (κ2) is 4.61. The van der Waals surface area contributed by atoms with Crippen LogP contribution in [0, 0.1) is 21.4 Å². The van der Waals surface area contributed by atoms with E-state index in [0.717, 1.165) is 12.8 Å². The minimum Gasteiger partial charge on any atom is -0.361 e. The first-order valence-electron chi connectivity index (χ1n) is 5.17. The van der Waals surface area contributed by atoms with Crippen LogP contribution in [0.3, 0.4) is 0 Å². The Hall–Kier alpha value is -2.42. The summed E-state index contributed by atoms with van der Waals surface area (Å²) < 4.78 is 0. The Kier molecular flexibility index (Phi) is 3.01. The van der Waals surface area contributed by atoms with E-state index in [2.05, 4.69) is 10.3 Å². The van der Waals surface area contributed by atoms with Gasteiger partial charge in [-0.3, -0.25) is 10.1 Å². The molecule has 0 atom stereocenters. The fourth-order valence-electron chi connectivity index (χ4n) is 1.76. The van der Waals surface area contributed by atoms with Gasteiger partial charge in [0.2, 0.25) is 5.82 Å². The van der Waals surface area contributed by atoms with Crippen LogP contribution in [-0.2, 0) is 0 Å². The van der Waals surface area contributed by atoms with Gasteiger partial charge in [0.1, 0.15) is 11.6 Å². The fraction of sp³-hybridized carbons (Fsp3) is 0.273. The maximum Gasteiger partial charge on any atom is 0.328 e. The molecule has 0 spiro atoms. The van der Waals surface area contributed by atoms with Gasteiger partial charge in [0.15, 0.2) is 0 Å². The van der Waals surface area contributed by atoms with E-state index in [9.17, 15) is 10.1 Å². The quantitative estimate of drug-likeness (QED) is 0.487. The fourth-order valence-corrected chi connectivity index (χ4v) is 1.76. The molecular formula is C11H10N4O2. The van der Waals surface area contributed by atoms with E-state index in [1.165, 1.54) is 12.3 Å². The molecule has 0 fully saturated rings. The van der Waals surface area contributed by atoms with Crippen LogP contribution in [0.25, 0.3) is 0 Å². The van der Waals surface area contributed by atoms with E-state index in [0.29, 0.717) is 0 Å². The number of nitrogens with zero attached hydrogens (tertiary/aromatic N) is 3. The molecule has 1 aromatic rings. The zero-order valence-electron chi connectivity index (χ0n) is 8.96. The predicted octanol–water partition coefficient (Wildman–Crippen LogP) is 1.99. The van der Waals surface area contributed by atoms with E-state index < -0.39 is 4.92 Å². The summed E-state index contributed by atoms with van der Waals surface area (Å²) >= 11 is 0. The Morgan fingerprint density at radius 1 is 1.53 bits per heavy atom. The van der Waals surface area contributed by atoms with Crippen molar-refractivity contribution in [2.45, 2.75) is 18.9 Å². The maximum absolute atomic E-state index is 10.9. The molecule has 17 heavy (non-hydrogen) atoms. The van der Waals surface area contributed by atoms with Gasteiger partial charge in [-0.05, 0) is 18.9 Å². The minimum atomic E-state index is -0.573. The number of pyridine rings is 1. The van der Waals surface area contributed by atoms with Crippen molar-refractivity contribution in [2.75, 3.05) is 5.32 Å². The van der Waals surface area contributed by atoms with Crippen LogP contribution in [0.2, 0.25) is 0 Å². The van der Waals surface area contributed by atoms with Crippen LogP contribution in [-0.4, -0.2) is 15.9 Å². The molecule has 0 aliphatic heterocycles. The van der Waals surface area contributed by atoms with Crippen molar-refractivity contribution in [3.05, 3.63) is 40.1 Å². The number of hydrogen-bond acceptors (Lipinski definition) is 5. The summed E-state index contributed by atoms with van der Waals surface area (Å²) in [7, 11) is 0. The minimum absolute atomic E-state index is 0.0263. The maximum atomic E-state index is 10.9. The Labute approximate surface area is 97.7 Å². The van der Waals surface area contributed by atoms with Crippen LogP contribution in [0.5, 0.6) is 0 Å². The Balaban J connectivity index is 2.32. The van der Waals surface area contributed by atoms with Crippen molar-refractivity contribution in [1.29, 1.82) is 5.26 Å². The normalized spacial score (nSPS) is 14.5. The summed E-state index contributed by atoms with van der Waals surface area (Å²) in [5.41, 5.74) is -0.222. The number of nitriles is 1. The van der Waals surface area contributed by atoms with Crippen LogP contribution < -0.4 is 5.32 Å². The summed E-state index contributed by atoms with van der Waals surface area (Å²) in [5, 5.41) is 22.8. The Morgan fingerprint density at radius 2 is 2.24 bits per heavy atom. The van der Waals surface area contributed by atoms with Crippen molar-refractivity contribution >= 4 is 11.5 Å². The highest BCUT2D eigenvalue weighted by atomic mass is 16.6. The van der Waals surface area contributed by atoms with Crippen molar-refractivity contribution in [3.8, 4) is 6.07 Å². The smallest absolute Gasteiger partial charge is 0.328 e. The molecule has 6 heteroatoms. The van der Waals surface area contributed by atoms with Gasteiger partial charge in [0.25, 0.3) is 0 Å². The monoisotopic (exact) mass is 230 g/mol. The topological polar surface area (TPSA) is 91.8 Å². The van der Waals surface area contributed by atoms with Gasteiger partial charge >= 0.3 is 5.69 Å². The third-order valence-corrected chi connectivity index (χ3v) is 2.58. The first-order valence-corrected chi connectivity index (χ1v) is 5.17. The van der Waals surface area contributed by atoms with Crippen molar-refractivity contribution in [3.63, 3.8) is 0 Å². The second-order valence-electron chi connectivity index (χ2n) is 3.71. The third kappa shape index (κ3) is 2.23. The number of hydrogen-bond donors (Lipinski definition) is 1. The second-order valence-corrected chi connectivity index (χ2v) is 3.71. The van der Waals surface area contributed by atoms with Crippen molar-refractivity contribution in [2.24, 2.45) is 0 Å². The van der Waals surface area contributed by atoms with Gasteiger partial charge in [-0.25, -0.2) is 4.98 Å². The molecule has 6 nitrogen and oxygen atoms in total. The van der Waals surface area contributed by atoms with Crippen LogP contribution in [0.15, 0.2) is 24.4 Å². The number of nitro groups is 1. The van der Waals surface area contributed by atoms with Crippen LogP contribution in [0.4, 0.5) is 11.5 Å². The molecule has 1 N–H and O–H groups in total. The lowest BCUT2D eigenvalue weighted by Gasteiger charge is -2.12. The lowest BCUT2D eigenvalue weighted by Crippen LogP contribution is -2.17. The summed E-state index contributed by atoms with van der Waals surface area (Å²) in [6, 6.07) is 3.27. The van der Waals surface area contributed by atoms with Gasteiger partial charge in [0, 0.05) is 12.2 Å². The summed E-state index contributed by atoms with van der Waals surface area (Å²) in [4.78, 5) is 14.3. The van der Waals surface area contributed by atoms with Crippen molar-refractivity contribution in [1.82, 2.24) is 4.98 Å². The number of anilines is 1. The molecule has 1 heterocycles. The van der Waals surface area contributed by atoms with Crippen molar-refractivity contribution < 1.29 is 4.92 Å². The summed E-state index contributed by atoms with van der Waals surface area (Å²) in [5.74, 6) is 0.169. The molecule has 0 saturated carbocycles. The van der Waals surface area contributed by atoms with Gasteiger partial charge in [0.05, 0.1) is 4.92 Å². The zero-order valence-corrected chi connectivity index (χ0v) is 8.96. The van der Waals surface area contributed by atoms with Gasteiger partial charge in [-0.2, -0.15) is 5.26 Å². The van der Waals surface area contributed by atoms with E-state index in [4.69, 9.17) is 5.26 Å². The molecule has 0 amide bonds. The van der Waals surface area contributed by atoms with Gasteiger partial charge < -0.3 is 5.32 Å². The van der Waals surface area contributed by atoms with Crippen LogP contribution >= 0.6 is 0 Å². The lowest BCUT2D eigenvalue weighted by molar-refractivity contribution is -0.384. The van der Waals surface area contributed by atoms with Crippen LogP contribution in [0.1, 0.15) is 18.4 Å². The molecule has 1 aliphatic carbocycles. The lowest BCUT2D eigenvalue weighted by atomic mass is 10.2. The third-order valence-electron chi connectivity index (χ3n) is 2.58. The van der Waals surface area contributed by atoms with E-state index in [1.54, 1.807) is 6.07 Å². The molecule has 0 aromatic carbocycles. The summed E-state index contributed by atoms with van der Waals surface area (Å²) in [6.45, 7) is 0. The SMILES string of the molecule is N#Cc1ccnc(NC2CC=CC2)c1[N+](=O)[O-]. The first-order chi connectivity index (χ1) is 8.22. The molecule has 86 valence electrons. The van der Waals surface area contributed by atoms with Gasteiger partial charge in [-0.1, -0.05) is 12.2 Å². The zero-order chi connectivity index (χ0) is 12.3. The average molecular weight is 230 g/mol. The Morgan fingerprint density at radius 3 is 2.82 bits per heavy atom. The van der Waals surface area contributed by atoms with E-state index in [-0.39, 0.29) is 23.1 Å². The largest absolute Gasteiger partial charge is 0.361 e. The number of nitrogens with one attached hydrogen (secondary N) is 1. The van der Waals surface area contributed by atoms with E-state index >= 15 is 0 Å². The molecule has 1 aliphatic rings. The molecule has 0 radical (unpaired) electrons. The molecule has 0 saturated heterocycles. The molecule has 1 aromatic heterocycles. The highest BCUT2D eigenvalue weighted by Gasteiger charge is 2.23. The molecular weight excluding hydrogens is 220 g/mol. The Bertz CT molecular complexity index is 511. The van der Waals surface area contributed by atoms with E-state index in [1.807, 2.05) is 12.2 Å². The number of rotatable bonds is 3. The predicted molar refractivity (Wildman–Crippen MR) is 61.4 cm³/mol. The highest BCUT2D eigenvalue weighted by molar-refractivity contribution is 5.64. The average Bonchev–Trinajstić information content (AvgIpc) is 2.81.